The first-order valence-electron chi connectivity index (χ1n) is 17.9. The van der Waals surface area contributed by atoms with E-state index in [9.17, 15) is 0 Å². The van der Waals surface area contributed by atoms with E-state index in [2.05, 4.69) is 196 Å². The molecule has 0 unspecified atom stereocenters. The van der Waals surface area contributed by atoms with E-state index in [-0.39, 0.29) is 0 Å². The molecule has 0 radical (unpaired) electrons. The molecule has 0 aliphatic rings. The fraction of sp³-hybridized carbons (Fsp3) is 0.0800. The number of hydrogen-bond donors (Lipinski definition) is 0. The van der Waals surface area contributed by atoms with Gasteiger partial charge in [0.05, 0.1) is 11.4 Å². The van der Waals surface area contributed by atoms with E-state index in [1.165, 1.54) is 99.3 Å². The van der Waals surface area contributed by atoms with Crippen LogP contribution in [0.4, 0.5) is 0 Å². The molecule has 1 nitrogen and oxygen atoms in total. The maximum Gasteiger partial charge on any atom is 0.0535 e. The Morgan fingerprint density at radius 1 is 0.333 bits per heavy atom. The lowest BCUT2D eigenvalue weighted by Crippen LogP contribution is -2.01. The van der Waals surface area contributed by atoms with Gasteiger partial charge in [0.2, 0.25) is 0 Å². The summed E-state index contributed by atoms with van der Waals surface area (Å²) in [7, 11) is 0. The number of hydrogen-bond acceptors (Lipinski definition) is 0. The minimum atomic E-state index is 1.14. The molecule has 9 rings (SSSR count). The number of nitrogens with zero attached hydrogens (tertiary/aromatic N) is 1. The highest BCUT2D eigenvalue weighted by Crippen LogP contribution is 2.47. The summed E-state index contributed by atoms with van der Waals surface area (Å²) in [6.45, 7) is 9.10. The molecule has 0 bridgehead atoms. The van der Waals surface area contributed by atoms with Crippen molar-refractivity contribution < 1.29 is 0 Å². The third-order valence-electron chi connectivity index (χ3n) is 10.9. The largest absolute Gasteiger partial charge is 0.309 e. The molecule has 51 heavy (non-hydrogen) atoms. The number of rotatable bonds is 5. The zero-order chi connectivity index (χ0) is 34.6. The quantitative estimate of drug-likeness (QED) is 0.163. The zero-order valence-electron chi connectivity index (χ0n) is 29.5. The average molecular weight is 654 g/mol. The number of fused-ring (bicyclic) bond motifs is 3. The van der Waals surface area contributed by atoms with Crippen LogP contribution >= 0.6 is 0 Å². The summed E-state index contributed by atoms with van der Waals surface area (Å²) in [6.07, 6.45) is 0. The molecule has 9 aromatic rings. The summed E-state index contributed by atoms with van der Waals surface area (Å²) >= 11 is 0. The van der Waals surface area contributed by atoms with Gasteiger partial charge in [0.25, 0.3) is 0 Å². The fourth-order valence-corrected chi connectivity index (χ4v) is 8.21. The molecule has 0 aliphatic heterocycles. The van der Waals surface area contributed by atoms with Crippen LogP contribution < -0.4 is 0 Å². The molecule has 0 N–H and O–H groups in total. The highest BCUT2D eigenvalue weighted by atomic mass is 15.0. The van der Waals surface area contributed by atoms with E-state index in [1.807, 2.05) is 0 Å². The molecule has 0 saturated carbocycles. The first-order chi connectivity index (χ1) is 25.0. The summed E-state index contributed by atoms with van der Waals surface area (Å²) in [4.78, 5) is 0. The van der Waals surface area contributed by atoms with Gasteiger partial charge >= 0.3 is 0 Å². The van der Waals surface area contributed by atoms with E-state index >= 15 is 0 Å². The predicted octanol–water partition coefficient (Wildman–Crippen LogP) is 13.8. The normalized spacial score (nSPS) is 11.5. The van der Waals surface area contributed by atoms with Crippen molar-refractivity contribution in [2.24, 2.45) is 0 Å². The van der Waals surface area contributed by atoms with Crippen molar-refractivity contribution in [1.29, 1.82) is 0 Å². The van der Waals surface area contributed by atoms with Crippen molar-refractivity contribution in [1.82, 2.24) is 4.57 Å². The third kappa shape index (κ3) is 5.08. The molecule has 0 amide bonds. The Morgan fingerprint density at radius 2 is 0.863 bits per heavy atom. The van der Waals surface area contributed by atoms with Crippen molar-refractivity contribution in [2.75, 3.05) is 0 Å². The Balaban J connectivity index is 1.44. The van der Waals surface area contributed by atoms with Crippen LogP contribution in [0.15, 0.2) is 164 Å². The van der Waals surface area contributed by atoms with E-state index in [1.54, 1.807) is 0 Å². The van der Waals surface area contributed by atoms with Crippen LogP contribution in [-0.4, -0.2) is 4.57 Å². The van der Waals surface area contributed by atoms with Crippen molar-refractivity contribution in [3.63, 3.8) is 0 Å². The third-order valence-corrected chi connectivity index (χ3v) is 10.9. The molecule has 0 aliphatic carbocycles. The zero-order valence-corrected chi connectivity index (χ0v) is 29.5. The smallest absolute Gasteiger partial charge is 0.0535 e. The van der Waals surface area contributed by atoms with Crippen LogP contribution in [0.25, 0.3) is 82.8 Å². The molecule has 0 atom stereocenters. The van der Waals surface area contributed by atoms with Gasteiger partial charge in [-0.15, -0.1) is 0 Å². The minimum Gasteiger partial charge on any atom is -0.309 e. The molecule has 1 aromatic heterocycles. The molecule has 1 heteroatoms. The van der Waals surface area contributed by atoms with Crippen molar-refractivity contribution in [3.05, 3.63) is 186 Å². The second-order valence-corrected chi connectivity index (χ2v) is 13.9. The Hall–Kier alpha value is -6.18. The number of aryl methyl sites for hydroxylation is 2. The maximum atomic E-state index is 2.46. The van der Waals surface area contributed by atoms with Crippen LogP contribution in [-0.2, 0) is 0 Å². The summed E-state index contributed by atoms with van der Waals surface area (Å²) in [6, 6.07) is 60.2. The van der Waals surface area contributed by atoms with Crippen molar-refractivity contribution >= 4 is 32.3 Å². The van der Waals surface area contributed by atoms with Gasteiger partial charge in [0, 0.05) is 5.69 Å². The van der Waals surface area contributed by atoms with Crippen LogP contribution in [0.1, 0.15) is 22.3 Å². The highest BCUT2D eigenvalue weighted by molar-refractivity contribution is 6.22. The summed E-state index contributed by atoms with van der Waals surface area (Å²) in [5, 5.41) is 7.58. The van der Waals surface area contributed by atoms with Gasteiger partial charge in [-0.25, -0.2) is 0 Å². The highest BCUT2D eigenvalue weighted by Gasteiger charge is 2.22. The number of aromatic nitrogens is 1. The van der Waals surface area contributed by atoms with Gasteiger partial charge in [-0.1, -0.05) is 133 Å². The van der Waals surface area contributed by atoms with Crippen LogP contribution in [0, 0.1) is 27.7 Å². The van der Waals surface area contributed by atoms with Crippen LogP contribution in [0.2, 0.25) is 0 Å². The van der Waals surface area contributed by atoms with Crippen molar-refractivity contribution in [3.8, 4) is 50.5 Å². The van der Waals surface area contributed by atoms with E-state index in [4.69, 9.17) is 0 Å². The van der Waals surface area contributed by atoms with Gasteiger partial charge < -0.3 is 4.57 Å². The summed E-state index contributed by atoms with van der Waals surface area (Å²) in [5.74, 6) is 0. The Bertz CT molecular complexity index is 2680. The lowest BCUT2D eigenvalue weighted by atomic mass is 9.81. The van der Waals surface area contributed by atoms with Gasteiger partial charge in [0.15, 0.2) is 0 Å². The molecule has 8 aromatic carbocycles. The molecule has 0 fully saturated rings. The van der Waals surface area contributed by atoms with Gasteiger partial charge in [-0.2, -0.15) is 0 Å². The first-order valence-corrected chi connectivity index (χ1v) is 17.9. The predicted molar refractivity (Wildman–Crippen MR) is 219 cm³/mol. The lowest BCUT2D eigenvalue weighted by molar-refractivity contribution is 1.10. The monoisotopic (exact) mass is 653 g/mol. The molecule has 244 valence electrons. The number of benzene rings is 8. The van der Waals surface area contributed by atoms with Gasteiger partial charge in [-0.05, 0) is 146 Å². The first kappa shape index (κ1) is 30.8. The standard InChI is InChI=1S/C50H39N/c1-32-29-33(2)35(4)48(34(32)3)50-43-22-14-13-21-42(43)49(40-24-23-36-15-11-12-20-39(36)30-40)44-26-25-41(31-45(44)50)51-46(37-16-7-5-8-17-37)27-28-47(51)38-18-9-6-10-19-38/h5-31H,1-4H3. The van der Waals surface area contributed by atoms with Crippen molar-refractivity contribution in [2.45, 2.75) is 27.7 Å². The fourth-order valence-electron chi connectivity index (χ4n) is 8.21. The molecule has 1 heterocycles. The minimum absolute atomic E-state index is 1.14. The molecule has 0 saturated heterocycles. The second-order valence-electron chi connectivity index (χ2n) is 13.9. The Labute approximate surface area is 300 Å². The Morgan fingerprint density at radius 3 is 1.49 bits per heavy atom. The molecule has 0 spiro atoms. The van der Waals surface area contributed by atoms with Gasteiger partial charge in [0.1, 0.15) is 0 Å². The lowest BCUT2D eigenvalue weighted by Gasteiger charge is -2.23. The SMILES string of the molecule is Cc1cc(C)c(C)c(-c2c3ccccc3c(-c3ccc4ccccc4c3)c3ccc(-n4c(-c5ccccc5)ccc4-c4ccccc4)cc23)c1C. The van der Waals surface area contributed by atoms with E-state index < -0.39 is 0 Å². The Kier molecular flexibility index (Phi) is 7.44. The topological polar surface area (TPSA) is 4.93 Å². The van der Waals surface area contributed by atoms with Crippen LogP contribution in [0.3, 0.4) is 0 Å². The van der Waals surface area contributed by atoms with Crippen LogP contribution in [0.5, 0.6) is 0 Å². The van der Waals surface area contributed by atoms with E-state index in [0.29, 0.717) is 0 Å². The summed E-state index contributed by atoms with van der Waals surface area (Å²) < 4.78 is 2.44. The average Bonchev–Trinajstić information content (AvgIpc) is 3.63. The van der Waals surface area contributed by atoms with Gasteiger partial charge in [-0.3, -0.25) is 0 Å². The summed E-state index contributed by atoms with van der Waals surface area (Å²) in [5.41, 5.74) is 16.4. The molecular weight excluding hydrogens is 615 g/mol. The second kappa shape index (κ2) is 12.3. The maximum absolute atomic E-state index is 2.46. The van der Waals surface area contributed by atoms with E-state index in [0.717, 1.165) is 5.69 Å². The molecular formula is C50H39N.